The van der Waals surface area contributed by atoms with Gasteiger partial charge >= 0.3 is 23.8 Å². The number of nitrogens with zero attached hydrogens (tertiary/aromatic N) is 4. The summed E-state index contributed by atoms with van der Waals surface area (Å²) >= 11 is 0. The van der Waals surface area contributed by atoms with Gasteiger partial charge in [0.1, 0.15) is 18.2 Å². The zero-order valence-corrected chi connectivity index (χ0v) is 18.0. The van der Waals surface area contributed by atoms with Crippen molar-refractivity contribution in [1.82, 2.24) is 19.1 Å². The van der Waals surface area contributed by atoms with E-state index in [1.54, 1.807) is 0 Å². The monoisotopic (exact) mass is 491 g/mol. The van der Waals surface area contributed by atoms with Crippen LogP contribution in [0.5, 0.6) is 0 Å². The van der Waals surface area contributed by atoms with Crippen LogP contribution in [0.15, 0.2) is 11.0 Å². The lowest BCUT2D eigenvalue weighted by Crippen LogP contribution is -2.38. The lowest BCUT2D eigenvalue weighted by molar-refractivity contribution is -0.191. The fraction of sp³-hybridized carbons (Fsp3) is 0.632. The van der Waals surface area contributed by atoms with Crippen molar-refractivity contribution in [3.05, 3.63) is 16.7 Å². The highest BCUT2D eigenvalue weighted by atomic mass is 19.4. The minimum Gasteiger partial charge on any atom is -0.463 e. The molecule has 0 bridgehead atoms. The number of fused-ring (bicyclic) bond motifs is 1. The molecule has 2 aromatic rings. The quantitative estimate of drug-likeness (QED) is 0.467. The smallest absolute Gasteiger partial charge is 0.396 e. The van der Waals surface area contributed by atoms with E-state index in [1.807, 2.05) is 0 Å². The molecule has 2 aliphatic rings. The lowest BCUT2D eigenvalue weighted by Gasteiger charge is -2.20. The number of nitrogens with two attached hydrogens (primary N) is 1. The highest BCUT2D eigenvalue weighted by Crippen LogP contribution is 2.58. The minimum absolute atomic E-state index is 0.0845. The third-order valence-corrected chi connectivity index (χ3v) is 5.91. The summed E-state index contributed by atoms with van der Waals surface area (Å²) < 4.78 is 72.9. The molecule has 4 rings (SSSR count). The van der Waals surface area contributed by atoms with Crippen LogP contribution in [-0.4, -0.2) is 62.2 Å². The highest BCUT2D eigenvalue weighted by molar-refractivity contribution is 5.72. The Morgan fingerprint density at radius 1 is 1.29 bits per heavy atom. The minimum atomic E-state index is -4.56. The van der Waals surface area contributed by atoms with Gasteiger partial charge in [0.25, 0.3) is 0 Å². The average Bonchev–Trinajstić information content (AvgIpc) is 3.41. The van der Waals surface area contributed by atoms with Gasteiger partial charge in [0, 0.05) is 20.4 Å². The van der Waals surface area contributed by atoms with E-state index in [1.165, 1.54) is 0 Å². The number of aromatic nitrogens is 4. The fourth-order valence-electron chi connectivity index (χ4n) is 3.99. The fourth-order valence-corrected chi connectivity index (χ4v) is 3.99. The summed E-state index contributed by atoms with van der Waals surface area (Å²) in [6, 6.07) is 0. The summed E-state index contributed by atoms with van der Waals surface area (Å²) in [4.78, 5) is 43.8. The molecule has 1 aliphatic carbocycles. The molecule has 1 saturated carbocycles. The van der Waals surface area contributed by atoms with Crippen LogP contribution in [-0.2, 0) is 30.3 Å². The van der Waals surface area contributed by atoms with E-state index in [-0.39, 0.29) is 30.0 Å². The van der Waals surface area contributed by atoms with Crippen LogP contribution in [0, 0.1) is 5.41 Å². The number of ether oxygens (including phenoxy) is 3. The van der Waals surface area contributed by atoms with Gasteiger partial charge in [-0.25, -0.2) is 18.7 Å². The van der Waals surface area contributed by atoms with Gasteiger partial charge in [0.05, 0.1) is 11.6 Å². The Kier molecular flexibility index (Phi) is 5.78. The average molecular weight is 491 g/mol. The summed E-state index contributed by atoms with van der Waals surface area (Å²) in [5.41, 5.74) is 2.22. The number of hydrogen-bond donors (Lipinski definition) is 1. The van der Waals surface area contributed by atoms with Crippen LogP contribution in [0.4, 0.5) is 23.5 Å². The molecule has 0 unspecified atom stereocenters. The van der Waals surface area contributed by atoms with Gasteiger partial charge in [-0.15, -0.1) is 0 Å². The molecule has 3 heterocycles. The molecule has 0 spiro atoms. The predicted octanol–water partition coefficient (Wildman–Crippen LogP) is 1.25. The third-order valence-electron chi connectivity index (χ3n) is 5.91. The molecule has 1 aliphatic heterocycles. The van der Waals surface area contributed by atoms with Crippen molar-refractivity contribution >= 4 is 29.1 Å². The van der Waals surface area contributed by atoms with Gasteiger partial charge in [0.2, 0.25) is 5.95 Å². The van der Waals surface area contributed by atoms with E-state index >= 15 is 4.39 Å². The first-order valence-electron chi connectivity index (χ1n) is 10.2. The lowest BCUT2D eigenvalue weighted by atomic mass is 10.1. The number of esters is 2. The van der Waals surface area contributed by atoms with E-state index in [0.29, 0.717) is 0 Å². The van der Waals surface area contributed by atoms with Crippen LogP contribution in [0.3, 0.4) is 0 Å². The maximum atomic E-state index is 15.1. The van der Waals surface area contributed by atoms with E-state index in [9.17, 15) is 27.6 Å². The zero-order chi connectivity index (χ0) is 25.0. The van der Waals surface area contributed by atoms with Crippen molar-refractivity contribution in [2.24, 2.45) is 5.41 Å². The van der Waals surface area contributed by atoms with E-state index < -0.39 is 67.0 Å². The van der Waals surface area contributed by atoms with Crippen molar-refractivity contribution < 1.29 is 41.4 Å². The largest absolute Gasteiger partial charge is 0.463 e. The zero-order valence-electron chi connectivity index (χ0n) is 18.0. The van der Waals surface area contributed by atoms with Crippen molar-refractivity contribution in [2.75, 3.05) is 12.3 Å². The number of halogens is 4. The summed E-state index contributed by atoms with van der Waals surface area (Å²) in [5, 5.41) is 0. The van der Waals surface area contributed by atoms with Gasteiger partial charge in [0.15, 0.2) is 24.2 Å². The van der Waals surface area contributed by atoms with E-state index in [2.05, 4.69) is 9.97 Å². The van der Waals surface area contributed by atoms with Crippen molar-refractivity contribution in [1.29, 1.82) is 0 Å². The van der Waals surface area contributed by atoms with Crippen molar-refractivity contribution in [2.45, 2.75) is 64.0 Å². The Bertz CT molecular complexity index is 1190. The summed E-state index contributed by atoms with van der Waals surface area (Å²) in [6.45, 7) is 0.838. The molecule has 4 atom stereocenters. The first-order valence-corrected chi connectivity index (χ1v) is 10.2. The SMILES string of the molecule is CC(=O)OC[C@H]1O[C@@H](n2c(=O)n(CC3(C(F)(F)F)CC3)c3cnc(N)nc32)[C@H](OC(C)=O)[C@@H]1F. The molecule has 0 radical (unpaired) electrons. The summed E-state index contributed by atoms with van der Waals surface area (Å²) in [6.07, 6.45) is -10.6. The van der Waals surface area contributed by atoms with Gasteiger partial charge in [-0.05, 0) is 12.8 Å². The third kappa shape index (κ3) is 4.08. The molecule has 186 valence electrons. The molecular formula is C19H21F4N5O6. The molecular weight excluding hydrogens is 470 g/mol. The molecule has 15 heteroatoms. The maximum Gasteiger partial charge on any atom is 0.396 e. The van der Waals surface area contributed by atoms with Gasteiger partial charge in [-0.2, -0.15) is 18.2 Å². The van der Waals surface area contributed by atoms with Crippen LogP contribution in [0.25, 0.3) is 11.2 Å². The Labute approximate surface area is 188 Å². The molecule has 2 fully saturated rings. The normalized spacial score (nSPS) is 25.9. The van der Waals surface area contributed by atoms with Crippen LogP contribution >= 0.6 is 0 Å². The molecule has 1 saturated heterocycles. The van der Waals surface area contributed by atoms with Crippen molar-refractivity contribution in [3.63, 3.8) is 0 Å². The molecule has 0 amide bonds. The number of imidazole rings is 1. The number of carbonyl (C=O) groups excluding carboxylic acids is 2. The Morgan fingerprint density at radius 2 is 1.97 bits per heavy atom. The number of nitrogen functional groups attached to an aromatic ring is 1. The molecule has 2 aromatic heterocycles. The molecule has 34 heavy (non-hydrogen) atoms. The van der Waals surface area contributed by atoms with Crippen LogP contribution in [0.2, 0.25) is 0 Å². The first kappa shape index (κ1) is 23.9. The van der Waals surface area contributed by atoms with Crippen LogP contribution in [0.1, 0.15) is 32.9 Å². The Hall–Kier alpha value is -3.23. The molecule has 2 N–H and O–H groups in total. The number of anilines is 1. The standard InChI is InChI=1S/C19H21F4N5O6/c1-8(29)32-6-11-12(20)13(33-9(2)30)15(34-11)28-14-10(5-25-16(24)26-14)27(17(28)31)7-18(3-4-18)19(21,22)23/h5,11-13,15H,3-4,6-7H2,1-2H3,(H2,24,25,26)/t11-,12-,13-,15-/m1/s1. The van der Waals surface area contributed by atoms with Gasteiger partial charge in [-0.3, -0.25) is 14.2 Å². The second kappa shape index (κ2) is 8.21. The summed E-state index contributed by atoms with van der Waals surface area (Å²) in [7, 11) is 0. The van der Waals surface area contributed by atoms with Crippen LogP contribution < -0.4 is 11.4 Å². The summed E-state index contributed by atoms with van der Waals surface area (Å²) in [5.74, 6) is -1.92. The van der Waals surface area contributed by atoms with Gasteiger partial charge in [-0.1, -0.05) is 0 Å². The predicted molar refractivity (Wildman–Crippen MR) is 105 cm³/mol. The number of carbonyl (C=O) groups is 2. The second-order valence-corrected chi connectivity index (χ2v) is 8.34. The highest BCUT2D eigenvalue weighted by Gasteiger charge is 2.63. The Morgan fingerprint density at radius 3 is 2.53 bits per heavy atom. The number of alkyl halides is 4. The number of hydrogen-bond acceptors (Lipinski definition) is 9. The first-order chi connectivity index (χ1) is 15.8. The second-order valence-electron chi connectivity index (χ2n) is 8.34. The van der Waals surface area contributed by atoms with Gasteiger partial charge < -0.3 is 19.9 Å². The number of rotatable bonds is 6. The topological polar surface area (TPSA) is 141 Å². The van der Waals surface area contributed by atoms with E-state index in [0.717, 1.165) is 29.2 Å². The Balaban J connectivity index is 1.81. The molecule has 11 nitrogen and oxygen atoms in total. The van der Waals surface area contributed by atoms with Crippen molar-refractivity contribution in [3.8, 4) is 0 Å². The molecule has 0 aromatic carbocycles. The van der Waals surface area contributed by atoms with E-state index in [4.69, 9.17) is 19.9 Å². The maximum absolute atomic E-state index is 15.1.